The molecule has 0 fully saturated rings. The molecule has 0 spiro atoms. The van der Waals surface area contributed by atoms with Crippen molar-refractivity contribution < 1.29 is 14.3 Å². The van der Waals surface area contributed by atoms with Crippen LogP contribution in [0.2, 0.25) is 0 Å². The van der Waals surface area contributed by atoms with Gasteiger partial charge in [-0.25, -0.2) is 0 Å². The van der Waals surface area contributed by atoms with E-state index in [0.717, 1.165) is 35.0 Å². The molecule has 1 aliphatic rings. The van der Waals surface area contributed by atoms with Crippen LogP contribution in [-0.4, -0.2) is 37.5 Å². The molecule has 0 saturated carbocycles. The summed E-state index contributed by atoms with van der Waals surface area (Å²) in [5.41, 5.74) is 4.78. The fourth-order valence-corrected chi connectivity index (χ4v) is 2.98. The Kier molecular flexibility index (Phi) is 5.36. The highest BCUT2D eigenvalue weighted by Gasteiger charge is 2.27. The molecule has 1 unspecified atom stereocenters. The van der Waals surface area contributed by atoms with Crippen molar-refractivity contribution in [2.24, 2.45) is 5.73 Å². The molecule has 21 heavy (non-hydrogen) atoms. The van der Waals surface area contributed by atoms with Crippen molar-refractivity contribution in [1.82, 2.24) is 5.32 Å². The van der Waals surface area contributed by atoms with Gasteiger partial charge in [-0.05, 0) is 50.8 Å². The molecule has 0 radical (unpaired) electrons. The summed E-state index contributed by atoms with van der Waals surface area (Å²) in [7, 11) is 1.76. The Morgan fingerprint density at radius 2 is 2.10 bits per heavy atom. The Morgan fingerprint density at radius 1 is 1.38 bits per heavy atom. The van der Waals surface area contributed by atoms with Gasteiger partial charge >= 0.3 is 0 Å². The molecule has 1 heterocycles. The van der Waals surface area contributed by atoms with E-state index in [4.69, 9.17) is 15.2 Å². The van der Waals surface area contributed by atoms with E-state index >= 15 is 0 Å². The predicted octanol–water partition coefficient (Wildman–Crippen LogP) is 1.79. The molecule has 1 aromatic carbocycles. The molecular weight excluding hydrogens is 288 g/mol. The van der Waals surface area contributed by atoms with Gasteiger partial charge in [-0.15, -0.1) is 11.8 Å². The molecule has 116 valence electrons. The third kappa shape index (κ3) is 4.04. The second-order valence-corrected chi connectivity index (χ2v) is 6.37. The van der Waals surface area contributed by atoms with E-state index in [2.05, 4.69) is 5.32 Å². The molecule has 1 atom stereocenters. The van der Waals surface area contributed by atoms with Gasteiger partial charge in [0.1, 0.15) is 13.2 Å². The summed E-state index contributed by atoms with van der Waals surface area (Å²) < 4.78 is 11.1. The summed E-state index contributed by atoms with van der Waals surface area (Å²) in [6, 6.07) is 5.98. The van der Waals surface area contributed by atoms with Crippen LogP contribution in [0.3, 0.4) is 0 Å². The highest BCUT2D eigenvalue weighted by molar-refractivity contribution is 7.99. The Labute approximate surface area is 129 Å². The molecular formula is C15H22N2O3S. The quantitative estimate of drug-likeness (QED) is 0.593. The number of carbonyl (C=O) groups excluding carboxylic acids is 1. The normalized spacial score (nSPS) is 16.3. The number of benzene rings is 1. The van der Waals surface area contributed by atoms with E-state index in [9.17, 15) is 4.79 Å². The van der Waals surface area contributed by atoms with Crippen LogP contribution in [0.15, 0.2) is 23.1 Å². The van der Waals surface area contributed by atoms with Crippen molar-refractivity contribution in [2.45, 2.75) is 30.2 Å². The van der Waals surface area contributed by atoms with Crippen LogP contribution in [0.4, 0.5) is 0 Å². The molecule has 3 N–H and O–H groups in total. The van der Waals surface area contributed by atoms with Gasteiger partial charge in [-0.1, -0.05) is 0 Å². The van der Waals surface area contributed by atoms with Crippen LogP contribution >= 0.6 is 11.8 Å². The fourth-order valence-electron chi connectivity index (χ4n) is 2.10. The largest absolute Gasteiger partial charge is 0.486 e. The zero-order chi connectivity index (χ0) is 15.3. The van der Waals surface area contributed by atoms with Crippen molar-refractivity contribution in [3.8, 4) is 11.5 Å². The smallest absolute Gasteiger partial charge is 0.237 e. The number of primary amides is 1. The Balaban J connectivity index is 1.82. The van der Waals surface area contributed by atoms with Crippen molar-refractivity contribution >= 4 is 17.7 Å². The molecule has 1 aliphatic heterocycles. The Morgan fingerprint density at radius 3 is 2.76 bits per heavy atom. The first-order valence-electron chi connectivity index (χ1n) is 7.06. The van der Waals surface area contributed by atoms with Crippen LogP contribution in [0.5, 0.6) is 11.5 Å². The number of rotatable bonds is 7. The molecule has 2 rings (SSSR count). The van der Waals surface area contributed by atoms with Crippen molar-refractivity contribution in [1.29, 1.82) is 0 Å². The monoisotopic (exact) mass is 310 g/mol. The van der Waals surface area contributed by atoms with E-state index < -0.39 is 5.54 Å². The Hall–Kier alpha value is -1.40. The van der Waals surface area contributed by atoms with Crippen molar-refractivity contribution in [2.75, 3.05) is 26.0 Å². The first-order chi connectivity index (χ1) is 10.0. The lowest BCUT2D eigenvalue weighted by atomic mass is 9.96. The standard InChI is InChI=1S/C15H22N2O3S/c1-15(17-2,14(16)18)6-3-9-21-11-4-5-12-13(10-11)20-8-7-19-12/h4-5,10,17H,3,6-9H2,1-2H3,(H2,16,18). The number of nitrogens with one attached hydrogen (secondary N) is 1. The minimum Gasteiger partial charge on any atom is -0.486 e. The van der Waals surface area contributed by atoms with E-state index in [1.54, 1.807) is 18.8 Å². The number of carbonyl (C=O) groups is 1. The average Bonchev–Trinajstić information content (AvgIpc) is 2.51. The zero-order valence-electron chi connectivity index (χ0n) is 12.5. The number of hydrogen-bond acceptors (Lipinski definition) is 5. The average molecular weight is 310 g/mol. The maximum atomic E-state index is 11.4. The van der Waals surface area contributed by atoms with Gasteiger partial charge < -0.3 is 20.5 Å². The van der Waals surface area contributed by atoms with Gasteiger partial charge in [0, 0.05) is 4.90 Å². The van der Waals surface area contributed by atoms with E-state index in [0.29, 0.717) is 13.2 Å². The van der Waals surface area contributed by atoms with Crippen molar-refractivity contribution in [3.63, 3.8) is 0 Å². The number of ether oxygens (including phenoxy) is 2. The van der Waals surface area contributed by atoms with Gasteiger partial charge in [0.15, 0.2) is 11.5 Å². The summed E-state index contributed by atoms with van der Waals surface area (Å²) >= 11 is 1.74. The minimum atomic E-state index is -0.632. The Bertz CT molecular complexity index is 510. The van der Waals surface area contributed by atoms with E-state index in [1.165, 1.54) is 0 Å². The van der Waals surface area contributed by atoms with Gasteiger partial charge in [-0.2, -0.15) is 0 Å². The molecule has 0 saturated heterocycles. The molecule has 0 aromatic heterocycles. The van der Waals surface area contributed by atoms with E-state index in [1.807, 2.05) is 25.1 Å². The minimum absolute atomic E-state index is 0.311. The summed E-state index contributed by atoms with van der Waals surface area (Å²) in [6.45, 7) is 3.04. The highest BCUT2D eigenvalue weighted by Crippen LogP contribution is 2.34. The summed E-state index contributed by atoms with van der Waals surface area (Å²) in [5, 5.41) is 3.00. The summed E-state index contributed by atoms with van der Waals surface area (Å²) in [5.74, 6) is 2.23. The second-order valence-electron chi connectivity index (χ2n) is 5.20. The fraction of sp³-hybridized carbons (Fsp3) is 0.533. The summed E-state index contributed by atoms with van der Waals surface area (Å²) in [6.07, 6.45) is 1.62. The maximum Gasteiger partial charge on any atom is 0.237 e. The van der Waals surface area contributed by atoms with Crippen LogP contribution in [0.1, 0.15) is 19.8 Å². The van der Waals surface area contributed by atoms with Crippen LogP contribution in [0, 0.1) is 0 Å². The number of amides is 1. The van der Waals surface area contributed by atoms with Crippen molar-refractivity contribution in [3.05, 3.63) is 18.2 Å². The molecule has 0 bridgehead atoms. The number of likely N-dealkylation sites (N-methyl/N-ethyl adjacent to an activating group) is 1. The zero-order valence-corrected chi connectivity index (χ0v) is 13.3. The maximum absolute atomic E-state index is 11.4. The lowest BCUT2D eigenvalue weighted by molar-refractivity contribution is -0.123. The number of fused-ring (bicyclic) bond motifs is 1. The third-order valence-electron chi connectivity index (χ3n) is 3.70. The third-order valence-corrected chi connectivity index (χ3v) is 4.78. The highest BCUT2D eigenvalue weighted by atomic mass is 32.2. The number of thioether (sulfide) groups is 1. The number of nitrogens with two attached hydrogens (primary N) is 1. The van der Waals surface area contributed by atoms with Gasteiger partial charge in [-0.3, -0.25) is 4.79 Å². The molecule has 5 nitrogen and oxygen atoms in total. The number of hydrogen-bond donors (Lipinski definition) is 2. The molecule has 6 heteroatoms. The van der Waals surface area contributed by atoms with Gasteiger partial charge in [0.25, 0.3) is 0 Å². The first kappa shape index (κ1) is 16.0. The van der Waals surface area contributed by atoms with E-state index in [-0.39, 0.29) is 5.91 Å². The van der Waals surface area contributed by atoms with Crippen LogP contribution in [0.25, 0.3) is 0 Å². The topological polar surface area (TPSA) is 73.6 Å². The summed E-state index contributed by atoms with van der Waals surface area (Å²) in [4.78, 5) is 12.5. The lowest BCUT2D eigenvalue weighted by Gasteiger charge is -2.25. The van der Waals surface area contributed by atoms with Gasteiger partial charge in [0.05, 0.1) is 5.54 Å². The molecule has 1 amide bonds. The van der Waals surface area contributed by atoms with Crippen LogP contribution in [-0.2, 0) is 4.79 Å². The van der Waals surface area contributed by atoms with Crippen LogP contribution < -0.4 is 20.5 Å². The first-order valence-corrected chi connectivity index (χ1v) is 8.05. The lowest BCUT2D eigenvalue weighted by Crippen LogP contribution is -2.51. The van der Waals surface area contributed by atoms with Gasteiger partial charge in [0.2, 0.25) is 5.91 Å². The molecule has 0 aliphatic carbocycles. The second kappa shape index (κ2) is 7.04. The molecule has 1 aromatic rings. The SMILES string of the molecule is CNC(C)(CCCSc1ccc2c(c1)OCCO2)C(N)=O. The predicted molar refractivity (Wildman–Crippen MR) is 84.0 cm³/mol.